The van der Waals surface area contributed by atoms with E-state index >= 15 is 0 Å². The zero-order valence-corrected chi connectivity index (χ0v) is 13.9. The minimum absolute atomic E-state index is 0.0317. The maximum Gasteiger partial charge on any atom is 0.274 e. The Balaban J connectivity index is 1.91. The number of fused-ring (bicyclic) bond motifs is 2. The van der Waals surface area contributed by atoms with E-state index < -0.39 is 23.4 Å². The first-order chi connectivity index (χ1) is 11.9. The molecule has 3 aliphatic rings. The average molecular weight is 341 g/mol. The van der Waals surface area contributed by atoms with E-state index in [0.29, 0.717) is 18.7 Å². The second-order valence-corrected chi connectivity index (χ2v) is 6.73. The number of carbonyl (C=O) groups excluding carboxylic acids is 2. The second kappa shape index (κ2) is 5.46. The molecule has 4 rings (SSSR count). The van der Waals surface area contributed by atoms with Gasteiger partial charge in [0.05, 0.1) is 5.57 Å². The molecule has 2 N–H and O–H groups in total. The monoisotopic (exact) mass is 341 g/mol. The Morgan fingerprint density at radius 1 is 1.32 bits per heavy atom. The van der Waals surface area contributed by atoms with Crippen LogP contribution in [0.1, 0.15) is 28.8 Å². The van der Waals surface area contributed by atoms with Crippen LogP contribution in [-0.2, 0) is 4.79 Å². The van der Waals surface area contributed by atoms with Crippen LogP contribution >= 0.6 is 0 Å². The Morgan fingerprint density at radius 3 is 2.76 bits per heavy atom. The molecule has 2 atom stereocenters. The summed E-state index contributed by atoms with van der Waals surface area (Å²) in [6.07, 6.45) is 4.97. The van der Waals surface area contributed by atoms with Crippen LogP contribution in [-0.4, -0.2) is 51.6 Å². The molecule has 0 aromatic heterocycles. The van der Waals surface area contributed by atoms with Gasteiger partial charge >= 0.3 is 0 Å². The molecule has 1 saturated heterocycles. The molecule has 130 valence electrons. The van der Waals surface area contributed by atoms with Crippen molar-refractivity contribution < 1.29 is 24.5 Å². The van der Waals surface area contributed by atoms with Gasteiger partial charge in [-0.05, 0) is 37.5 Å². The predicted octanol–water partition coefficient (Wildman–Crippen LogP) is 1.49. The number of ketones is 1. The van der Waals surface area contributed by atoms with Gasteiger partial charge in [0.1, 0.15) is 23.2 Å². The van der Waals surface area contributed by atoms with E-state index in [-0.39, 0.29) is 22.6 Å². The maximum absolute atomic E-state index is 13.2. The number of amides is 1. The molecule has 1 aromatic carbocycles. The molecule has 0 unspecified atom stereocenters. The highest BCUT2D eigenvalue weighted by molar-refractivity contribution is 6.19. The summed E-state index contributed by atoms with van der Waals surface area (Å²) in [4.78, 5) is 27.9. The van der Waals surface area contributed by atoms with Gasteiger partial charge < -0.3 is 19.8 Å². The Labute approximate surface area is 145 Å². The largest absolute Gasteiger partial charge is 0.507 e. The van der Waals surface area contributed by atoms with Crippen LogP contribution in [0, 0.1) is 6.92 Å². The molecule has 1 aliphatic carbocycles. The van der Waals surface area contributed by atoms with Crippen molar-refractivity contribution in [1.82, 2.24) is 4.90 Å². The number of ether oxygens (including phenoxy) is 1. The number of aromatic hydroxyl groups is 1. The van der Waals surface area contributed by atoms with E-state index in [1.807, 2.05) is 0 Å². The number of hydrogen-bond donors (Lipinski definition) is 2. The number of likely N-dealkylation sites (tertiary alicyclic amines) is 1. The van der Waals surface area contributed by atoms with E-state index in [0.717, 1.165) is 12.8 Å². The Hall–Kier alpha value is -2.60. The first kappa shape index (κ1) is 15.9. The molecular weight excluding hydrogens is 322 g/mol. The Kier molecular flexibility index (Phi) is 3.47. The van der Waals surface area contributed by atoms with Gasteiger partial charge in [0, 0.05) is 13.1 Å². The third-order valence-corrected chi connectivity index (χ3v) is 5.05. The third-order valence-electron chi connectivity index (χ3n) is 5.05. The number of aryl methyl sites for hydroxylation is 1. The van der Waals surface area contributed by atoms with Crippen LogP contribution in [0.3, 0.4) is 0 Å². The first-order valence-corrected chi connectivity index (χ1v) is 8.39. The first-order valence-electron chi connectivity index (χ1n) is 8.39. The normalized spacial score (nSPS) is 27.4. The third kappa shape index (κ3) is 2.14. The number of aliphatic hydroxyl groups is 1. The van der Waals surface area contributed by atoms with E-state index in [1.54, 1.807) is 17.9 Å². The van der Waals surface area contributed by atoms with Gasteiger partial charge in [0.15, 0.2) is 0 Å². The Morgan fingerprint density at radius 2 is 2.04 bits per heavy atom. The van der Waals surface area contributed by atoms with Crippen molar-refractivity contribution in [2.24, 2.45) is 0 Å². The summed E-state index contributed by atoms with van der Waals surface area (Å²) in [5, 5.41) is 20.8. The lowest BCUT2D eigenvalue weighted by Crippen LogP contribution is -2.63. The van der Waals surface area contributed by atoms with Crippen LogP contribution in [0.5, 0.6) is 11.5 Å². The van der Waals surface area contributed by atoms with Gasteiger partial charge in [-0.25, -0.2) is 0 Å². The van der Waals surface area contributed by atoms with Gasteiger partial charge in [0.25, 0.3) is 5.91 Å². The number of allylic oxidation sites excluding steroid dienone is 2. The number of benzene rings is 1. The van der Waals surface area contributed by atoms with E-state index in [4.69, 9.17) is 4.74 Å². The summed E-state index contributed by atoms with van der Waals surface area (Å²) in [5.41, 5.74) is -1.00. The van der Waals surface area contributed by atoms with Crippen molar-refractivity contribution in [3.05, 3.63) is 47.1 Å². The number of nitrogens with zero attached hydrogens (tertiary/aromatic N) is 1. The zero-order chi connectivity index (χ0) is 17.8. The molecular formula is C19H19NO5. The van der Waals surface area contributed by atoms with Crippen LogP contribution in [0.2, 0.25) is 0 Å². The lowest BCUT2D eigenvalue weighted by Gasteiger charge is -2.43. The van der Waals surface area contributed by atoms with Crippen LogP contribution < -0.4 is 4.74 Å². The standard InChI is InChI=1S/C19H19NO5/c1-11-9-13(21)16-14(10-11)25-19(18(24)20-7-2-3-8-20)12(17(16)23)5-4-6-15(19)22/h4-6,9-10,15,21-22H,2-3,7-8H2,1H3/t15-,19+/m1/s1. The Bertz CT molecular complexity index is 834. The summed E-state index contributed by atoms with van der Waals surface area (Å²) in [5.74, 6) is -0.962. The molecule has 0 spiro atoms. The molecule has 0 radical (unpaired) electrons. The fourth-order valence-corrected chi connectivity index (χ4v) is 3.83. The molecule has 6 nitrogen and oxygen atoms in total. The lowest BCUT2D eigenvalue weighted by molar-refractivity contribution is -0.150. The van der Waals surface area contributed by atoms with Crippen molar-refractivity contribution in [1.29, 1.82) is 0 Å². The summed E-state index contributed by atoms with van der Waals surface area (Å²) >= 11 is 0. The number of Topliss-reactive ketones (excluding diaryl/α,β-unsaturated/α-hetero) is 1. The number of hydrogen-bond acceptors (Lipinski definition) is 5. The highest BCUT2D eigenvalue weighted by atomic mass is 16.5. The number of rotatable bonds is 1. The summed E-state index contributed by atoms with van der Waals surface area (Å²) < 4.78 is 6.00. The summed E-state index contributed by atoms with van der Waals surface area (Å²) in [7, 11) is 0. The van der Waals surface area contributed by atoms with Crippen molar-refractivity contribution in [2.45, 2.75) is 31.5 Å². The zero-order valence-electron chi connectivity index (χ0n) is 13.9. The molecule has 1 amide bonds. The van der Waals surface area contributed by atoms with E-state index in [9.17, 15) is 19.8 Å². The highest BCUT2D eigenvalue weighted by Gasteiger charge is 2.58. The van der Waals surface area contributed by atoms with E-state index in [1.165, 1.54) is 24.3 Å². The SMILES string of the molecule is Cc1cc(O)c2c(c1)O[C@@]1(C(=O)N3CCCC3)C(=CC=C[C@H]1O)C2=O. The lowest BCUT2D eigenvalue weighted by atomic mass is 9.76. The maximum atomic E-state index is 13.2. The topological polar surface area (TPSA) is 87.1 Å². The van der Waals surface area contributed by atoms with Crippen LogP contribution in [0.4, 0.5) is 0 Å². The fourth-order valence-electron chi connectivity index (χ4n) is 3.83. The molecule has 1 fully saturated rings. The molecule has 2 aliphatic heterocycles. The average Bonchev–Trinajstić information content (AvgIpc) is 3.09. The number of phenols is 1. The van der Waals surface area contributed by atoms with Crippen molar-refractivity contribution in [3.8, 4) is 11.5 Å². The van der Waals surface area contributed by atoms with Crippen LogP contribution in [0.25, 0.3) is 0 Å². The van der Waals surface area contributed by atoms with Crippen molar-refractivity contribution in [2.75, 3.05) is 13.1 Å². The minimum Gasteiger partial charge on any atom is -0.507 e. The smallest absolute Gasteiger partial charge is 0.274 e. The number of carbonyl (C=O) groups is 2. The van der Waals surface area contributed by atoms with E-state index in [2.05, 4.69) is 0 Å². The van der Waals surface area contributed by atoms with Gasteiger partial charge in [-0.15, -0.1) is 0 Å². The van der Waals surface area contributed by atoms with Crippen LogP contribution in [0.15, 0.2) is 35.9 Å². The predicted molar refractivity (Wildman–Crippen MR) is 89.6 cm³/mol. The fraction of sp³-hybridized carbons (Fsp3) is 0.368. The van der Waals surface area contributed by atoms with Gasteiger partial charge in [-0.2, -0.15) is 0 Å². The summed E-state index contributed by atoms with van der Waals surface area (Å²) in [6, 6.07) is 3.08. The molecule has 25 heavy (non-hydrogen) atoms. The number of aliphatic hydroxyl groups excluding tert-OH is 1. The highest BCUT2D eigenvalue weighted by Crippen LogP contribution is 2.45. The van der Waals surface area contributed by atoms with Gasteiger partial charge in [-0.1, -0.05) is 18.2 Å². The molecule has 1 aromatic rings. The molecule has 2 heterocycles. The van der Waals surface area contributed by atoms with Gasteiger partial charge in [0.2, 0.25) is 11.4 Å². The molecule has 0 saturated carbocycles. The quantitative estimate of drug-likeness (QED) is 0.808. The number of phenolic OH excluding ortho intramolecular Hbond substituents is 1. The summed E-state index contributed by atoms with van der Waals surface area (Å²) in [6.45, 7) is 2.91. The molecule has 0 bridgehead atoms. The molecule has 6 heteroatoms. The van der Waals surface area contributed by atoms with Gasteiger partial charge in [-0.3, -0.25) is 9.59 Å². The minimum atomic E-state index is -1.79. The second-order valence-electron chi connectivity index (χ2n) is 6.73. The van der Waals surface area contributed by atoms with Crippen molar-refractivity contribution in [3.63, 3.8) is 0 Å². The van der Waals surface area contributed by atoms with Crippen molar-refractivity contribution >= 4 is 11.7 Å².